The topological polar surface area (TPSA) is 35.5 Å². The second-order valence-corrected chi connectivity index (χ2v) is 2.61. The normalized spacial score (nSPS) is 9.57. The fourth-order valence-corrected chi connectivity index (χ4v) is 0.908. The van der Waals surface area contributed by atoms with Gasteiger partial charge in [-0.3, -0.25) is 4.79 Å². The molecule has 0 fully saturated rings. The molecule has 0 N–H and O–H groups in total. The molecule has 0 aliphatic rings. The van der Waals surface area contributed by atoms with Crippen molar-refractivity contribution >= 4 is 5.97 Å². The Kier molecular flexibility index (Phi) is 3.91. The summed E-state index contributed by atoms with van der Waals surface area (Å²) in [5.41, 5.74) is 0. The van der Waals surface area contributed by atoms with Crippen LogP contribution in [0, 0.1) is 5.82 Å². The van der Waals surface area contributed by atoms with Crippen molar-refractivity contribution in [3.63, 3.8) is 0 Å². The number of ether oxygens (including phenoxy) is 2. The van der Waals surface area contributed by atoms with E-state index in [4.69, 9.17) is 4.74 Å². The van der Waals surface area contributed by atoms with Crippen molar-refractivity contribution in [3.8, 4) is 5.75 Å². The number of hydrogen-bond acceptors (Lipinski definition) is 3. The summed E-state index contributed by atoms with van der Waals surface area (Å²) in [4.78, 5) is 10.7. The lowest BCUT2D eigenvalue weighted by Crippen LogP contribution is -2.08. The summed E-state index contributed by atoms with van der Waals surface area (Å²) in [6, 6.07) is 6.04. The highest BCUT2D eigenvalue weighted by molar-refractivity contribution is 5.69. The van der Waals surface area contributed by atoms with E-state index < -0.39 is 5.82 Å². The molecule has 3 nitrogen and oxygen atoms in total. The van der Waals surface area contributed by atoms with Crippen LogP contribution in [0.5, 0.6) is 5.75 Å². The molecule has 0 amide bonds. The standard InChI is InChI=1S/C10H11FO3/c1-13-10(12)6-7-14-9-5-3-2-4-8(9)11/h2-5H,6-7H2,1H3. The highest BCUT2D eigenvalue weighted by Crippen LogP contribution is 2.15. The quantitative estimate of drug-likeness (QED) is 0.691. The van der Waals surface area contributed by atoms with Crippen LogP contribution in [0.4, 0.5) is 4.39 Å². The summed E-state index contributed by atoms with van der Waals surface area (Å²) >= 11 is 0. The third-order valence-corrected chi connectivity index (χ3v) is 1.63. The summed E-state index contributed by atoms with van der Waals surface area (Å²) in [5, 5.41) is 0. The number of carbonyl (C=O) groups excluding carboxylic acids is 1. The van der Waals surface area contributed by atoms with Gasteiger partial charge in [-0.25, -0.2) is 4.39 Å². The largest absolute Gasteiger partial charge is 0.490 e. The van der Waals surface area contributed by atoms with Crippen LogP contribution < -0.4 is 4.74 Å². The summed E-state index contributed by atoms with van der Waals surface area (Å²) in [7, 11) is 1.30. The Balaban J connectivity index is 2.39. The Morgan fingerprint density at radius 3 is 2.79 bits per heavy atom. The molecule has 0 atom stereocenters. The van der Waals surface area contributed by atoms with E-state index in [0.29, 0.717) is 0 Å². The van der Waals surface area contributed by atoms with Crippen molar-refractivity contribution in [1.29, 1.82) is 0 Å². The van der Waals surface area contributed by atoms with Gasteiger partial charge in [-0.2, -0.15) is 0 Å². The molecule has 0 aliphatic heterocycles. The van der Waals surface area contributed by atoms with Crippen molar-refractivity contribution in [1.82, 2.24) is 0 Å². The molecule has 4 heteroatoms. The number of carbonyl (C=O) groups is 1. The molecule has 0 unspecified atom stereocenters. The van der Waals surface area contributed by atoms with E-state index in [1.54, 1.807) is 12.1 Å². The predicted octanol–water partition coefficient (Wildman–Crippen LogP) is 1.77. The van der Waals surface area contributed by atoms with Crippen molar-refractivity contribution in [2.45, 2.75) is 6.42 Å². The summed E-state index contributed by atoms with van der Waals surface area (Å²) < 4.78 is 22.4. The Bertz CT molecular complexity index is 312. The molecule has 0 aromatic heterocycles. The van der Waals surface area contributed by atoms with Crippen LogP contribution >= 0.6 is 0 Å². The van der Waals surface area contributed by atoms with Gasteiger partial charge in [-0.15, -0.1) is 0 Å². The molecule has 0 bridgehead atoms. The first kappa shape index (κ1) is 10.5. The van der Waals surface area contributed by atoms with Crippen molar-refractivity contribution < 1.29 is 18.7 Å². The molecule has 14 heavy (non-hydrogen) atoms. The maximum atomic E-state index is 13.0. The van der Waals surface area contributed by atoms with Crippen LogP contribution in [0.15, 0.2) is 24.3 Å². The van der Waals surface area contributed by atoms with Crippen LogP contribution in [0.1, 0.15) is 6.42 Å². The molecule has 0 saturated carbocycles. The number of halogens is 1. The molecule has 0 saturated heterocycles. The van der Waals surface area contributed by atoms with Gasteiger partial charge in [0, 0.05) is 0 Å². The molecule has 0 radical (unpaired) electrons. The van der Waals surface area contributed by atoms with Gasteiger partial charge in [0.1, 0.15) is 0 Å². The molecule has 1 rings (SSSR count). The lowest BCUT2D eigenvalue weighted by atomic mass is 10.3. The Hall–Kier alpha value is -1.58. The second kappa shape index (κ2) is 5.21. The Labute approximate surface area is 81.4 Å². The first-order chi connectivity index (χ1) is 6.74. The van der Waals surface area contributed by atoms with Crippen LogP contribution in [0.2, 0.25) is 0 Å². The van der Waals surface area contributed by atoms with E-state index in [1.165, 1.54) is 19.2 Å². The van der Waals surface area contributed by atoms with Gasteiger partial charge >= 0.3 is 5.97 Å². The highest BCUT2D eigenvalue weighted by Gasteiger charge is 2.03. The summed E-state index contributed by atoms with van der Waals surface area (Å²) in [6.45, 7) is 0.119. The van der Waals surface area contributed by atoms with Crippen molar-refractivity contribution in [2.75, 3.05) is 13.7 Å². The van der Waals surface area contributed by atoms with E-state index in [9.17, 15) is 9.18 Å². The number of hydrogen-bond donors (Lipinski definition) is 0. The van der Waals surface area contributed by atoms with Crippen molar-refractivity contribution in [3.05, 3.63) is 30.1 Å². The summed E-state index contributed by atoms with van der Waals surface area (Å²) in [5.74, 6) is -0.657. The van der Waals surface area contributed by atoms with Crippen LogP contribution in [0.25, 0.3) is 0 Å². The van der Waals surface area contributed by atoms with E-state index in [2.05, 4.69) is 4.74 Å². The van der Waals surface area contributed by atoms with Crippen LogP contribution in [0.3, 0.4) is 0 Å². The average Bonchev–Trinajstić information content (AvgIpc) is 2.20. The lowest BCUT2D eigenvalue weighted by Gasteiger charge is -2.05. The number of esters is 1. The first-order valence-electron chi connectivity index (χ1n) is 4.18. The van der Waals surface area contributed by atoms with E-state index in [0.717, 1.165) is 0 Å². The van der Waals surface area contributed by atoms with Gasteiger partial charge in [0.05, 0.1) is 20.1 Å². The SMILES string of the molecule is COC(=O)CCOc1ccccc1F. The smallest absolute Gasteiger partial charge is 0.308 e. The van der Waals surface area contributed by atoms with E-state index in [-0.39, 0.29) is 24.7 Å². The van der Waals surface area contributed by atoms with Crippen LogP contribution in [-0.4, -0.2) is 19.7 Å². The van der Waals surface area contributed by atoms with E-state index in [1.807, 2.05) is 0 Å². The fraction of sp³-hybridized carbons (Fsp3) is 0.300. The molecule has 76 valence electrons. The van der Waals surface area contributed by atoms with Crippen molar-refractivity contribution in [2.24, 2.45) is 0 Å². The predicted molar refractivity (Wildman–Crippen MR) is 48.5 cm³/mol. The van der Waals surface area contributed by atoms with Gasteiger partial charge in [-0.1, -0.05) is 12.1 Å². The number of methoxy groups -OCH3 is 1. The van der Waals surface area contributed by atoms with Gasteiger partial charge < -0.3 is 9.47 Å². The van der Waals surface area contributed by atoms with E-state index >= 15 is 0 Å². The minimum atomic E-state index is -0.433. The molecular formula is C10H11FO3. The molecule has 0 heterocycles. The van der Waals surface area contributed by atoms with Crippen LogP contribution in [-0.2, 0) is 9.53 Å². The maximum Gasteiger partial charge on any atom is 0.308 e. The molecule has 0 spiro atoms. The number of benzene rings is 1. The first-order valence-corrected chi connectivity index (χ1v) is 4.18. The Morgan fingerprint density at radius 2 is 2.14 bits per heavy atom. The Morgan fingerprint density at radius 1 is 1.43 bits per heavy atom. The molecular weight excluding hydrogens is 187 g/mol. The zero-order valence-electron chi connectivity index (χ0n) is 7.83. The second-order valence-electron chi connectivity index (χ2n) is 2.61. The lowest BCUT2D eigenvalue weighted by molar-refractivity contribution is -0.141. The van der Waals surface area contributed by atoms with Gasteiger partial charge in [0.15, 0.2) is 11.6 Å². The maximum absolute atomic E-state index is 13.0. The zero-order valence-corrected chi connectivity index (χ0v) is 7.83. The molecule has 1 aromatic carbocycles. The molecule has 1 aromatic rings. The number of rotatable bonds is 4. The van der Waals surface area contributed by atoms with Gasteiger partial charge in [0.25, 0.3) is 0 Å². The monoisotopic (exact) mass is 198 g/mol. The summed E-state index contributed by atoms with van der Waals surface area (Å²) in [6.07, 6.45) is 0.116. The highest BCUT2D eigenvalue weighted by atomic mass is 19.1. The third-order valence-electron chi connectivity index (χ3n) is 1.63. The minimum Gasteiger partial charge on any atom is -0.490 e. The minimum absolute atomic E-state index is 0.116. The van der Waals surface area contributed by atoms with Gasteiger partial charge in [0.2, 0.25) is 0 Å². The third kappa shape index (κ3) is 3.05. The zero-order chi connectivity index (χ0) is 10.4. The molecule has 0 aliphatic carbocycles. The number of para-hydroxylation sites is 1. The average molecular weight is 198 g/mol. The van der Waals surface area contributed by atoms with Gasteiger partial charge in [-0.05, 0) is 12.1 Å². The fourth-order valence-electron chi connectivity index (χ4n) is 0.908.